The van der Waals surface area contributed by atoms with E-state index < -0.39 is 6.10 Å². The first-order valence-corrected chi connectivity index (χ1v) is 9.64. The van der Waals surface area contributed by atoms with Gasteiger partial charge in [-0.2, -0.15) is 0 Å². The minimum Gasteiger partial charge on any atom is -0.497 e. The van der Waals surface area contributed by atoms with Crippen molar-refractivity contribution in [3.63, 3.8) is 0 Å². The van der Waals surface area contributed by atoms with Crippen LogP contribution in [0.15, 0.2) is 48.5 Å². The lowest BCUT2D eigenvalue weighted by atomic mass is 10.2. The highest BCUT2D eigenvalue weighted by atomic mass is 16.5. The van der Waals surface area contributed by atoms with Crippen LogP contribution in [-0.2, 0) is 11.3 Å². The van der Waals surface area contributed by atoms with Crippen molar-refractivity contribution in [2.24, 2.45) is 0 Å². The third-order valence-corrected chi connectivity index (χ3v) is 4.13. The molecule has 2 aromatic rings. The molecule has 0 heterocycles. The number of ether oxygens (including phenoxy) is 4. The molecule has 29 heavy (non-hydrogen) atoms. The van der Waals surface area contributed by atoms with Gasteiger partial charge in [-0.3, -0.25) is 4.90 Å². The van der Waals surface area contributed by atoms with Crippen LogP contribution >= 0.6 is 0 Å². The van der Waals surface area contributed by atoms with Gasteiger partial charge in [-0.15, -0.1) is 0 Å². The van der Waals surface area contributed by atoms with Gasteiger partial charge in [-0.25, -0.2) is 0 Å². The number of aliphatic hydroxyl groups is 2. The first-order valence-electron chi connectivity index (χ1n) is 9.64. The molecule has 0 aliphatic rings. The van der Waals surface area contributed by atoms with Crippen molar-refractivity contribution >= 4 is 0 Å². The molecular weight excluding hydrogens is 374 g/mol. The number of hydrogen-bond donors (Lipinski definition) is 2. The zero-order chi connectivity index (χ0) is 20.9. The first-order chi connectivity index (χ1) is 14.1. The molecule has 7 nitrogen and oxygen atoms in total. The van der Waals surface area contributed by atoms with Crippen LogP contribution in [0.3, 0.4) is 0 Å². The van der Waals surface area contributed by atoms with Crippen molar-refractivity contribution in [1.29, 1.82) is 0 Å². The molecule has 0 spiro atoms. The van der Waals surface area contributed by atoms with Gasteiger partial charge in [0.2, 0.25) is 0 Å². The topological polar surface area (TPSA) is 80.6 Å². The van der Waals surface area contributed by atoms with Crippen molar-refractivity contribution < 1.29 is 29.2 Å². The summed E-state index contributed by atoms with van der Waals surface area (Å²) in [4.78, 5) is 2.04. The highest BCUT2D eigenvalue weighted by Gasteiger charge is 2.10. The Labute approximate surface area is 172 Å². The lowest BCUT2D eigenvalue weighted by Crippen LogP contribution is -2.32. The summed E-state index contributed by atoms with van der Waals surface area (Å²) in [5, 5.41) is 18.9. The quantitative estimate of drug-likeness (QED) is 0.465. The highest BCUT2D eigenvalue weighted by Crippen LogP contribution is 2.17. The van der Waals surface area contributed by atoms with Crippen molar-refractivity contribution in [3.05, 3.63) is 54.1 Å². The van der Waals surface area contributed by atoms with Gasteiger partial charge in [-0.05, 0) is 49.0 Å². The van der Waals surface area contributed by atoms with Gasteiger partial charge in [0.25, 0.3) is 0 Å². The standard InChI is InChI=1S/C22H31NO6/c1-23(16-19(25)17-29-22-9-7-20(26-2)8-10-22)15-18-3-5-21(6-4-18)28-14-13-27-12-11-24/h3-10,19,24-25H,11-17H2,1-2H3. The Morgan fingerprint density at radius 2 is 1.48 bits per heavy atom. The van der Waals surface area contributed by atoms with Gasteiger partial charge in [0.1, 0.15) is 36.6 Å². The highest BCUT2D eigenvalue weighted by molar-refractivity contribution is 5.31. The third kappa shape index (κ3) is 9.15. The van der Waals surface area contributed by atoms with Crippen molar-refractivity contribution in [2.45, 2.75) is 12.6 Å². The summed E-state index contributed by atoms with van der Waals surface area (Å²) in [7, 11) is 3.57. The SMILES string of the molecule is COc1ccc(OCC(O)CN(C)Cc2ccc(OCCOCCO)cc2)cc1. The van der Waals surface area contributed by atoms with Crippen molar-refractivity contribution in [3.8, 4) is 17.2 Å². The average Bonchev–Trinajstić information content (AvgIpc) is 2.73. The Morgan fingerprint density at radius 1 is 0.862 bits per heavy atom. The van der Waals surface area contributed by atoms with Crippen molar-refractivity contribution in [2.75, 3.05) is 53.7 Å². The maximum atomic E-state index is 10.2. The van der Waals surface area contributed by atoms with E-state index in [0.717, 1.165) is 17.1 Å². The van der Waals surface area contributed by atoms with Crippen LogP contribution < -0.4 is 14.2 Å². The Morgan fingerprint density at radius 3 is 2.14 bits per heavy atom. The van der Waals surface area contributed by atoms with Gasteiger partial charge >= 0.3 is 0 Å². The summed E-state index contributed by atoms with van der Waals surface area (Å²) in [5.74, 6) is 2.24. The second-order valence-electron chi connectivity index (χ2n) is 6.67. The number of aliphatic hydroxyl groups excluding tert-OH is 2. The van der Waals surface area contributed by atoms with E-state index in [0.29, 0.717) is 38.7 Å². The number of benzene rings is 2. The molecule has 0 aliphatic carbocycles. The van der Waals surface area contributed by atoms with E-state index >= 15 is 0 Å². The average molecular weight is 405 g/mol. The fraction of sp³-hybridized carbons (Fsp3) is 0.455. The molecule has 7 heteroatoms. The molecule has 0 fully saturated rings. The third-order valence-electron chi connectivity index (χ3n) is 4.13. The van der Waals surface area contributed by atoms with Crippen LogP contribution in [0, 0.1) is 0 Å². The minimum atomic E-state index is -0.594. The van der Waals surface area contributed by atoms with E-state index in [1.165, 1.54) is 0 Å². The van der Waals surface area contributed by atoms with E-state index in [1.54, 1.807) is 7.11 Å². The van der Waals surface area contributed by atoms with E-state index in [2.05, 4.69) is 0 Å². The van der Waals surface area contributed by atoms with Gasteiger partial charge in [0.05, 0.1) is 26.9 Å². The fourth-order valence-electron chi connectivity index (χ4n) is 2.73. The van der Waals surface area contributed by atoms with Crippen molar-refractivity contribution in [1.82, 2.24) is 4.90 Å². The number of rotatable bonds is 14. The van der Waals surface area contributed by atoms with Crippen LogP contribution in [0.2, 0.25) is 0 Å². The Balaban J connectivity index is 1.67. The number of methoxy groups -OCH3 is 1. The fourth-order valence-corrected chi connectivity index (χ4v) is 2.73. The second-order valence-corrected chi connectivity index (χ2v) is 6.67. The molecule has 0 radical (unpaired) electrons. The van der Waals surface area contributed by atoms with Gasteiger partial charge < -0.3 is 29.2 Å². The van der Waals surface area contributed by atoms with E-state index in [9.17, 15) is 5.11 Å². The summed E-state index contributed by atoms with van der Waals surface area (Å²) >= 11 is 0. The Kier molecular flexibility index (Phi) is 10.3. The monoisotopic (exact) mass is 405 g/mol. The minimum absolute atomic E-state index is 0.0184. The first kappa shape index (κ1) is 23.0. The van der Waals surface area contributed by atoms with Gasteiger partial charge in [0.15, 0.2) is 0 Å². The Bertz CT molecular complexity index is 677. The molecule has 0 saturated heterocycles. The van der Waals surface area contributed by atoms with E-state index in [4.69, 9.17) is 24.1 Å². The van der Waals surface area contributed by atoms with Crippen LogP contribution in [0.4, 0.5) is 0 Å². The molecule has 2 aromatic carbocycles. The lowest BCUT2D eigenvalue weighted by molar-refractivity contribution is 0.0704. The second kappa shape index (κ2) is 13.0. The molecule has 0 amide bonds. The lowest BCUT2D eigenvalue weighted by Gasteiger charge is -2.21. The molecule has 0 bridgehead atoms. The summed E-state index contributed by atoms with van der Waals surface area (Å²) in [6.45, 7) is 2.66. The van der Waals surface area contributed by atoms with Gasteiger partial charge in [0, 0.05) is 13.1 Å². The number of nitrogens with zero attached hydrogens (tertiary/aromatic N) is 1. The molecule has 0 saturated carbocycles. The summed E-state index contributed by atoms with van der Waals surface area (Å²) in [6, 6.07) is 15.1. The van der Waals surface area contributed by atoms with Gasteiger partial charge in [-0.1, -0.05) is 12.1 Å². The molecule has 160 valence electrons. The van der Waals surface area contributed by atoms with Crippen LogP contribution in [0.1, 0.15) is 5.56 Å². The molecule has 1 atom stereocenters. The number of hydrogen-bond acceptors (Lipinski definition) is 7. The zero-order valence-electron chi connectivity index (χ0n) is 17.1. The number of likely N-dealkylation sites (N-methyl/N-ethyl adjacent to an activating group) is 1. The summed E-state index contributed by atoms with van der Waals surface area (Å²) < 4.78 is 21.5. The van der Waals surface area contributed by atoms with E-state index in [-0.39, 0.29) is 13.2 Å². The predicted molar refractivity (Wildman–Crippen MR) is 111 cm³/mol. The molecule has 1 unspecified atom stereocenters. The van der Waals surface area contributed by atoms with E-state index in [1.807, 2.05) is 60.5 Å². The maximum Gasteiger partial charge on any atom is 0.119 e. The zero-order valence-corrected chi connectivity index (χ0v) is 17.1. The summed E-state index contributed by atoms with van der Waals surface area (Å²) in [6.07, 6.45) is -0.594. The molecule has 0 aliphatic heterocycles. The molecule has 0 aromatic heterocycles. The Hall–Kier alpha value is -2.32. The molecule has 2 rings (SSSR count). The normalized spacial score (nSPS) is 12.0. The molecule has 2 N–H and O–H groups in total. The predicted octanol–water partition coefficient (Wildman–Crippen LogP) is 1.95. The van der Waals surface area contributed by atoms with Crippen LogP contribution in [0.25, 0.3) is 0 Å². The molecular formula is C22H31NO6. The van der Waals surface area contributed by atoms with Crippen LogP contribution in [0.5, 0.6) is 17.2 Å². The maximum absolute atomic E-state index is 10.2. The smallest absolute Gasteiger partial charge is 0.119 e. The largest absolute Gasteiger partial charge is 0.497 e. The van der Waals surface area contributed by atoms with Crippen LogP contribution in [-0.4, -0.2) is 75.0 Å². The summed E-state index contributed by atoms with van der Waals surface area (Å²) in [5.41, 5.74) is 1.12.